The van der Waals surface area contributed by atoms with Crippen LogP contribution in [0.3, 0.4) is 0 Å². The average molecular weight is 521 g/mol. The summed E-state index contributed by atoms with van der Waals surface area (Å²) in [5, 5.41) is 12.1. The molecule has 0 saturated heterocycles. The molecule has 4 N–H and O–H groups in total. The van der Waals surface area contributed by atoms with Crippen molar-refractivity contribution in [3.8, 4) is 0 Å². The van der Waals surface area contributed by atoms with Gasteiger partial charge in [-0.05, 0) is 36.2 Å². The molecule has 0 saturated carbocycles. The van der Waals surface area contributed by atoms with Gasteiger partial charge in [-0.25, -0.2) is 4.99 Å². The van der Waals surface area contributed by atoms with Crippen molar-refractivity contribution >= 4 is 47.4 Å². The Morgan fingerprint density at radius 2 is 1.87 bits per heavy atom. The molecule has 1 heterocycles. The van der Waals surface area contributed by atoms with Crippen LogP contribution in [0.25, 0.3) is 0 Å². The summed E-state index contributed by atoms with van der Waals surface area (Å²) in [7, 11) is 1.61. The predicted molar refractivity (Wildman–Crippen MR) is 130 cm³/mol. The molecule has 2 amide bonds. The predicted octanol–water partition coefficient (Wildman–Crippen LogP) is 2.85. The number of fused-ring (bicyclic) bond motifs is 1. The van der Waals surface area contributed by atoms with E-state index in [4.69, 9.17) is 0 Å². The van der Waals surface area contributed by atoms with E-state index in [1.54, 1.807) is 19.2 Å². The Morgan fingerprint density at radius 1 is 1.13 bits per heavy atom. The number of hydrogen-bond donors (Lipinski definition) is 4. The molecule has 0 fully saturated rings. The van der Waals surface area contributed by atoms with Crippen molar-refractivity contribution in [1.29, 1.82) is 0 Å². The van der Waals surface area contributed by atoms with E-state index in [2.05, 4.69) is 32.3 Å². The van der Waals surface area contributed by atoms with Crippen LogP contribution in [0.2, 0.25) is 0 Å². The molecule has 0 spiro atoms. The summed E-state index contributed by atoms with van der Waals surface area (Å²) in [5.41, 5.74) is 3.66. The highest BCUT2D eigenvalue weighted by molar-refractivity contribution is 14.0. The molecular formula is C22H28IN5O2. The van der Waals surface area contributed by atoms with Gasteiger partial charge in [0.2, 0.25) is 5.91 Å². The summed E-state index contributed by atoms with van der Waals surface area (Å²) in [5.74, 6) is 0.725. The molecule has 0 aromatic heterocycles. The van der Waals surface area contributed by atoms with Gasteiger partial charge >= 0.3 is 0 Å². The summed E-state index contributed by atoms with van der Waals surface area (Å²) in [6, 6.07) is 15.3. The summed E-state index contributed by atoms with van der Waals surface area (Å²) >= 11 is 0. The monoisotopic (exact) mass is 521 g/mol. The van der Waals surface area contributed by atoms with Crippen LogP contribution in [0, 0.1) is 0 Å². The maximum atomic E-state index is 12.0. The largest absolute Gasteiger partial charge is 0.357 e. The van der Waals surface area contributed by atoms with Gasteiger partial charge in [0.25, 0.3) is 5.91 Å². The van der Waals surface area contributed by atoms with E-state index in [0.717, 1.165) is 23.4 Å². The number of carbonyl (C=O) groups excluding carboxylic acids is 2. The van der Waals surface area contributed by atoms with E-state index < -0.39 is 0 Å². The molecular weight excluding hydrogens is 493 g/mol. The first-order chi connectivity index (χ1) is 14.1. The second kappa shape index (κ2) is 11.5. The maximum absolute atomic E-state index is 12.0. The Labute approximate surface area is 194 Å². The standard InChI is InChI=1S/C22H27N5O2.HI/c1-3-24-22(25-13-15-8-10-16(11-9-15)21(29)23-2)26-14-17-12-20(28)27-19-7-5-4-6-18(17)19;/h4-11,17H,3,12-14H2,1-2H3,(H,23,29)(H,27,28)(H2,24,25,26);1H. The highest BCUT2D eigenvalue weighted by atomic mass is 127. The second-order valence-corrected chi connectivity index (χ2v) is 6.89. The molecule has 0 bridgehead atoms. The van der Waals surface area contributed by atoms with E-state index in [-0.39, 0.29) is 41.7 Å². The van der Waals surface area contributed by atoms with Gasteiger partial charge in [-0.1, -0.05) is 30.3 Å². The van der Waals surface area contributed by atoms with Crippen LogP contribution in [0.1, 0.15) is 40.7 Å². The van der Waals surface area contributed by atoms with Crippen molar-refractivity contribution in [2.75, 3.05) is 25.5 Å². The number of rotatable bonds is 6. The van der Waals surface area contributed by atoms with Crippen molar-refractivity contribution < 1.29 is 9.59 Å². The van der Waals surface area contributed by atoms with Gasteiger partial charge in [-0.2, -0.15) is 0 Å². The molecule has 1 aliphatic rings. The fraction of sp³-hybridized carbons (Fsp3) is 0.318. The van der Waals surface area contributed by atoms with Crippen molar-refractivity contribution in [3.63, 3.8) is 0 Å². The van der Waals surface area contributed by atoms with Gasteiger partial charge in [-0.15, -0.1) is 24.0 Å². The van der Waals surface area contributed by atoms with E-state index >= 15 is 0 Å². The van der Waals surface area contributed by atoms with Crippen molar-refractivity contribution in [2.45, 2.75) is 25.8 Å². The molecule has 0 aliphatic carbocycles. The van der Waals surface area contributed by atoms with Crippen LogP contribution in [-0.4, -0.2) is 37.9 Å². The lowest BCUT2D eigenvalue weighted by Gasteiger charge is -2.26. The molecule has 30 heavy (non-hydrogen) atoms. The second-order valence-electron chi connectivity index (χ2n) is 6.89. The number of benzene rings is 2. The first kappa shape index (κ1) is 23.7. The number of guanidine groups is 1. The first-order valence-corrected chi connectivity index (χ1v) is 9.82. The van der Waals surface area contributed by atoms with Gasteiger partial charge < -0.3 is 21.3 Å². The third-order valence-electron chi connectivity index (χ3n) is 4.83. The van der Waals surface area contributed by atoms with Gasteiger partial charge in [0.05, 0.1) is 6.54 Å². The number of anilines is 1. The highest BCUT2D eigenvalue weighted by Gasteiger charge is 2.24. The minimum Gasteiger partial charge on any atom is -0.357 e. The highest BCUT2D eigenvalue weighted by Crippen LogP contribution is 2.31. The number of carbonyl (C=O) groups is 2. The normalized spacial score (nSPS) is 15.3. The van der Waals surface area contributed by atoms with Crippen LogP contribution in [0.5, 0.6) is 0 Å². The number of para-hydroxylation sites is 1. The zero-order valence-corrected chi connectivity index (χ0v) is 19.5. The van der Waals surface area contributed by atoms with Crippen molar-refractivity contribution in [3.05, 3.63) is 65.2 Å². The van der Waals surface area contributed by atoms with Crippen molar-refractivity contribution in [2.24, 2.45) is 4.99 Å². The van der Waals surface area contributed by atoms with Gasteiger partial charge in [0.1, 0.15) is 0 Å². The third kappa shape index (κ3) is 6.19. The maximum Gasteiger partial charge on any atom is 0.251 e. The number of amides is 2. The lowest BCUT2D eigenvalue weighted by atomic mass is 9.90. The van der Waals surface area contributed by atoms with E-state index in [9.17, 15) is 9.59 Å². The fourth-order valence-corrected chi connectivity index (χ4v) is 3.32. The molecule has 160 valence electrons. The number of halogens is 1. The molecule has 2 aromatic carbocycles. The minimum atomic E-state index is -0.105. The first-order valence-electron chi connectivity index (χ1n) is 9.82. The quantitative estimate of drug-likeness (QED) is 0.267. The van der Waals surface area contributed by atoms with Crippen LogP contribution < -0.4 is 21.3 Å². The number of hydrogen-bond acceptors (Lipinski definition) is 3. The van der Waals surface area contributed by atoms with Crippen LogP contribution in [0.15, 0.2) is 53.5 Å². The van der Waals surface area contributed by atoms with E-state index in [1.807, 2.05) is 37.3 Å². The zero-order valence-electron chi connectivity index (χ0n) is 17.2. The summed E-state index contributed by atoms with van der Waals surface area (Å²) in [4.78, 5) is 28.3. The Balaban J connectivity index is 0.00000320. The molecule has 8 heteroatoms. The lowest BCUT2D eigenvalue weighted by Crippen LogP contribution is -2.40. The van der Waals surface area contributed by atoms with E-state index in [0.29, 0.717) is 31.0 Å². The van der Waals surface area contributed by atoms with Crippen LogP contribution in [-0.2, 0) is 11.3 Å². The zero-order chi connectivity index (χ0) is 20.6. The van der Waals surface area contributed by atoms with E-state index in [1.165, 1.54) is 0 Å². The minimum absolute atomic E-state index is 0. The fourth-order valence-electron chi connectivity index (χ4n) is 3.32. The lowest BCUT2D eigenvalue weighted by molar-refractivity contribution is -0.116. The van der Waals surface area contributed by atoms with Crippen LogP contribution >= 0.6 is 24.0 Å². The smallest absolute Gasteiger partial charge is 0.251 e. The van der Waals surface area contributed by atoms with Crippen LogP contribution in [0.4, 0.5) is 5.69 Å². The van der Waals surface area contributed by atoms with Crippen molar-refractivity contribution in [1.82, 2.24) is 16.0 Å². The van der Waals surface area contributed by atoms with Gasteiger partial charge in [-0.3, -0.25) is 9.59 Å². The molecule has 1 atom stereocenters. The molecule has 7 nitrogen and oxygen atoms in total. The summed E-state index contributed by atoms with van der Waals surface area (Å²) in [6.07, 6.45) is 0.449. The number of nitrogens with zero attached hydrogens (tertiary/aromatic N) is 1. The van der Waals surface area contributed by atoms with Gasteiger partial charge in [0.15, 0.2) is 5.96 Å². The SMILES string of the molecule is CCNC(=NCc1ccc(C(=O)NC)cc1)NCC1CC(=O)Nc2ccccc21.I. The number of nitrogens with one attached hydrogen (secondary N) is 4. The Kier molecular flexibility index (Phi) is 9.10. The number of aliphatic imine (C=N–C) groups is 1. The third-order valence-corrected chi connectivity index (χ3v) is 4.83. The summed E-state index contributed by atoms with van der Waals surface area (Å²) in [6.45, 7) is 3.86. The molecule has 0 radical (unpaired) electrons. The molecule has 1 aliphatic heterocycles. The average Bonchev–Trinajstić information content (AvgIpc) is 2.75. The Bertz CT molecular complexity index is 899. The Hall–Kier alpha value is -2.62. The molecule has 3 rings (SSSR count). The Morgan fingerprint density at radius 3 is 2.57 bits per heavy atom. The molecule has 1 unspecified atom stereocenters. The topological polar surface area (TPSA) is 94.6 Å². The summed E-state index contributed by atoms with van der Waals surface area (Å²) < 4.78 is 0. The van der Waals surface area contributed by atoms with Gasteiger partial charge in [0, 0.05) is 43.7 Å². The molecule has 2 aromatic rings.